The fourth-order valence-electron chi connectivity index (χ4n) is 1.93. The molecule has 2 N–H and O–H groups in total. The first-order valence-corrected chi connectivity index (χ1v) is 4.45. The van der Waals surface area contributed by atoms with Crippen LogP contribution in [0.25, 0.3) is 0 Å². The van der Waals surface area contributed by atoms with E-state index in [1.165, 1.54) is 19.5 Å². The van der Waals surface area contributed by atoms with Crippen molar-refractivity contribution in [3.05, 3.63) is 0 Å². The van der Waals surface area contributed by atoms with E-state index in [0.29, 0.717) is 17.0 Å². The number of nitrogens with zero attached hydrogens (tertiary/aromatic N) is 1. The minimum Gasteiger partial charge on any atom is -0.327 e. The van der Waals surface area contributed by atoms with E-state index in [0.717, 1.165) is 0 Å². The molecular formula is C9H18N2. The number of rotatable bonds is 0. The van der Waals surface area contributed by atoms with Crippen LogP contribution in [0.2, 0.25) is 0 Å². The lowest BCUT2D eigenvalue weighted by atomic mass is 9.89. The maximum atomic E-state index is 5.84. The van der Waals surface area contributed by atoms with E-state index in [4.69, 9.17) is 5.73 Å². The van der Waals surface area contributed by atoms with Crippen molar-refractivity contribution in [1.29, 1.82) is 0 Å². The van der Waals surface area contributed by atoms with Gasteiger partial charge >= 0.3 is 0 Å². The molecule has 11 heavy (non-hydrogen) atoms. The molecule has 0 aromatic heterocycles. The maximum Gasteiger partial charge on any atom is 0.0127 e. The van der Waals surface area contributed by atoms with E-state index in [1.54, 1.807) is 0 Å². The third-order valence-electron chi connectivity index (χ3n) is 3.21. The summed E-state index contributed by atoms with van der Waals surface area (Å²) >= 11 is 0. The van der Waals surface area contributed by atoms with Crippen LogP contribution in [0.15, 0.2) is 0 Å². The number of likely N-dealkylation sites (tertiary alicyclic amines) is 1. The van der Waals surface area contributed by atoms with Crippen molar-refractivity contribution in [2.75, 3.05) is 13.1 Å². The average molecular weight is 154 g/mol. The van der Waals surface area contributed by atoms with Gasteiger partial charge in [0, 0.05) is 30.1 Å². The van der Waals surface area contributed by atoms with E-state index < -0.39 is 0 Å². The van der Waals surface area contributed by atoms with Gasteiger partial charge in [0.05, 0.1) is 0 Å². The molecule has 0 radical (unpaired) electrons. The molecule has 1 heterocycles. The van der Waals surface area contributed by atoms with Gasteiger partial charge in [-0.1, -0.05) is 0 Å². The third kappa shape index (κ3) is 1.00. The van der Waals surface area contributed by atoms with Crippen LogP contribution in [-0.2, 0) is 0 Å². The third-order valence-corrected chi connectivity index (χ3v) is 3.21. The first-order valence-electron chi connectivity index (χ1n) is 4.45. The van der Waals surface area contributed by atoms with Crippen molar-refractivity contribution >= 4 is 0 Å². The van der Waals surface area contributed by atoms with Gasteiger partial charge in [0.15, 0.2) is 0 Å². The first-order chi connectivity index (χ1) is 4.94. The highest BCUT2D eigenvalue weighted by Gasteiger charge is 2.60. The van der Waals surface area contributed by atoms with Gasteiger partial charge in [-0.05, 0) is 27.2 Å². The zero-order valence-electron chi connectivity index (χ0n) is 7.72. The second-order valence-corrected chi connectivity index (χ2v) is 5.20. The maximum absolute atomic E-state index is 5.84. The summed E-state index contributed by atoms with van der Waals surface area (Å²) in [5.74, 6) is 0. The molecule has 2 fully saturated rings. The monoisotopic (exact) mass is 154 g/mol. The van der Waals surface area contributed by atoms with Crippen LogP contribution in [0.5, 0.6) is 0 Å². The molecule has 1 saturated carbocycles. The Balaban J connectivity index is 1.90. The van der Waals surface area contributed by atoms with Crippen molar-refractivity contribution in [2.24, 2.45) is 11.1 Å². The quantitative estimate of drug-likeness (QED) is 0.559. The molecule has 1 atom stereocenters. The average Bonchev–Trinajstić information content (AvgIpc) is 2.33. The molecule has 2 nitrogen and oxygen atoms in total. The van der Waals surface area contributed by atoms with Gasteiger partial charge in [-0.2, -0.15) is 0 Å². The Morgan fingerprint density at radius 1 is 1.36 bits per heavy atom. The second kappa shape index (κ2) is 1.80. The summed E-state index contributed by atoms with van der Waals surface area (Å²) in [7, 11) is 0. The van der Waals surface area contributed by atoms with Gasteiger partial charge in [-0.3, -0.25) is 4.90 Å². The van der Waals surface area contributed by atoms with Crippen LogP contribution >= 0.6 is 0 Å². The fraction of sp³-hybridized carbons (Fsp3) is 1.00. The highest BCUT2D eigenvalue weighted by atomic mass is 15.3. The van der Waals surface area contributed by atoms with Gasteiger partial charge in [0.1, 0.15) is 0 Å². The van der Waals surface area contributed by atoms with Crippen molar-refractivity contribution in [3.63, 3.8) is 0 Å². The topological polar surface area (TPSA) is 29.3 Å². The zero-order chi connectivity index (χ0) is 8.28. The number of hydrogen-bond acceptors (Lipinski definition) is 2. The summed E-state index contributed by atoms with van der Waals surface area (Å²) in [4.78, 5) is 2.51. The Morgan fingerprint density at radius 2 is 1.82 bits per heavy atom. The van der Waals surface area contributed by atoms with Crippen LogP contribution in [0.4, 0.5) is 0 Å². The van der Waals surface area contributed by atoms with E-state index in [9.17, 15) is 0 Å². The van der Waals surface area contributed by atoms with Crippen molar-refractivity contribution in [3.8, 4) is 0 Å². The number of nitrogens with two attached hydrogens (primary N) is 1. The Kier molecular flexibility index (Phi) is 1.24. The lowest BCUT2D eigenvalue weighted by molar-refractivity contribution is -0.00314. The molecule has 2 heteroatoms. The Hall–Kier alpha value is -0.0800. The van der Waals surface area contributed by atoms with Gasteiger partial charge < -0.3 is 5.73 Å². The molecule has 0 amide bonds. The van der Waals surface area contributed by atoms with E-state index in [-0.39, 0.29) is 0 Å². The molecular weight excluding hydrogens is 136 g/mol. The van der Waals surface area contributed by atoms with Crippen LogP contribution in [0.3, 0.4) is 0 Å². The standard InChI is InChI=1S/C9H18N2/c1-8(2,3)11-5-9(6-11)4-7(9)10/h7H,4-6,10H2,1-3H3. The predicted octanol–water partition coefficient (Wildman–Crippen LogP) is 0.818. The van der Waals surface area contributed by atoms with E-state index in [1.807, 2.05) is 0 Å². The molecule has 0 aromatic carbocycles. The van der Waals surface area contributed by atoms with Gasteiger partial charge in [-0.15, -0.1) is 0 Å². The van der Waals surface area contributed by atoms with E-state index in [2.05, 4.69) is 25.7 Å². The van der Waals surface area contributed by atoms with Crippen LogP contribution in [0, 0.1) is 5.41 Å². The summed E-state index contributed by atoms with van der Waals surface area (Å²) in [6.45, 7) is 9.28. The summed E-state index contributed by atoms with van der Waals surface area (Å²) in [6.07, 6.45) is 1.26. The fourth-order valence-corrected chi connectivity index (χ4v) is 1.93. The van der Waals surface area contributed by atoms with Crippen molar-refractivity contribution in [1.82, 2.24) is 4.90 Å². The van der Waals surface area contributed by atoms with E-state index >= 15 is 0 Å². The van der Waals surface area contributed by atoms with Gasteiger partial charge in [-0.25, -0.2) is 0 Å². The van der Waals surface area contributed by atoms with Crippen LogP contribution < -0.4 is 5.73 Å². The molecule has 2 rings (SSSR count). The summed E-state index contributed by atoms with van der Waals surface area (Å²) in [5.41, 5.74) is 6.76. The number of hydrogen-bond donors (Lipinski definition) is 1. The lowest BCUT2D eigenvalue weighted by Gasteiger charge is -2.48. The Morgan fingerprint density at radius 3 is 2.09 bits per heavy atom. The molecule has 1 aliphatic carbocycles. The van der Waals surface area contributed by atoms with Crippen molar-refractivity contribution in [2.45, 2.75) is 38.8 Å². The molecule has 1 saturated heterocycles. The first kappa shape index (κ1) is 7.56. The molecule has 0 bridgehead atoms. The molecule has 64 valence electrons. The predicted molar refractivity (Wildman–Crippen MR) is 46.4 cm³/mol. The van der Waals surface area contributed by atoms with Gasteiger partial charge in [0.25, 0.3) is 0 Å². The Bertz CT molecular complexity index is 174. The minimum atomic E-state index is 0.355. The largest absolute Gasteiger partial charge is 0.327 e. The summed E-state index contributed by atoms with van der Waals surface area (Å²) < 4.78 is 0. The SMILES string of the molecule is CC(C)(C)N1CC2(CC2N)C1. The van der Waals surface area contributed by atoms with Gasteiger partial charge in [0.2, 0.25) is 0 Å². The summed E-state index contributed by atoms with van der Waals surface area (Å²) in [5, 5.41) is 0. The molecule has 2 aliphatic rings. The van der Waals surface area contributed by atoms with Crippen LogP contribution in [-0.4, -0.2) is 29.6 Å². The highest BCUT2D eigenvalue weighted by Crippen LogP contribution is 2.53. The molecule has 0 aromatic rings. The Labute approximate surface area is 68.7 Å². The molecule has 1 aliphatic heterocycles. The smallest absolute Gasteiger partial charge is 0.0127 e. The molecule has 1 unspecified atom stereocenters. The zero-order valence-corrected chi connectivity index (χ0v) is 7.72. The van der Waals surface area contributed by atoms with Crippen LogP contribution in [0.1, 0.15) is 27.2 Å². The van der Waals surface area contributed by atoms with Crippen molar-refractivity contribution < 1.29 is 0 Å². The normalized spacial score (nSPS) is 35.5. The second-order valence-electron chi connectivity index (χ2n) is 5.20. The summed E-state index contributed by atoms with van der Waals surface area (Å²) in [6, 6.07) is 0.515. The molecule has 1 spiro atoms. The minimum absolute atomic E-state index is 0.355. The lowest BCUT2D eigenvalue weighted by Crippen LogP contribution is -2.58. The highest BCUT2D eigenvalue weighted by molar-refractivity contribution is 5.16.